The van der Waals surface area contributed by atoms with E-state index in [0.29, 0.717) is 16.8 Å². The van der Waals surface area contributed by atoms with E-state index in [1.54, 1.807) is 35.4 Å². The van der Waals surface area contributed by atoms with Crippen LogP contribution in [0.3, 0.4) is 0 Å². The van der Waals surface area contributed by atoms with Gasteiger partial charge < -0.3 is 15.0 Å². The van der Waals surface area contributed by atoms with Crippen molar-refractivity contribution in [1.29, 1.82) is 5.26 Å². The first kappa shape index (κ1) is 19.9. The summed E-state index contributed by atoms with van der Waals surface area (Å²) in [6, 6.07) is 25.9. The molecule has 0 aromatic heterocycles. The van der Waals surface area contributed by atoms with Gasteiger partial charge in [-0.25, -0.2) is 0 Å². The molecule has 0 spiro atoms. The first-order chi connectivity index (χ1) is 15.2. The third-order valence-electron chi connectivity index (χ3n) is 5.01. The van der Waals surface area contributed by atoms with E-state index in [1.807, 2.05) is 66.7 Å². The Kier molecular flexibility index (Phi) is 5.72. The van der Waals surface area contributed by atoms with Crippen molar-refractivity contribution in [3.63, 3.8) is 0 Å². The van der Waals surface area contributed by atoms with E-state index in [4.69, 9.17) is 0 Å². The van der Waals surface area contributed by atoms with Crippen LogP contribution in [0.4, 0.5) is 11.4 Å². The number of aldehydes is 1. The van der Waals surface area contributed by atoms with Crippen LogP contribution in [0, 0.1) is 11.3 Å². The van der Waals surface area contributed by atoms with Crippen LogP contribution in [0.2, 0.25) is 0 Å². The summed E-state index contributed by atoms with van der Waals surface area (Å²) in [6.07, 6.45) is 5.88. The van der Waals surface area contributed by atoms with E-state index in [1.165, 1.54) is 0 Å². The number of carbonyl (C=O) groups is 2. The van der Waals surface area contributed by atoms with E-state index in [-0.39, 0.29) is 5.91 Å². The van der Waals surface area contributed by atoms with Crippen LogP contribution < -0.4 is 10.2 Å². The van der Waals surface area contributed by atoms with Crippen LogP contribution in [-0.4, -0.2) is 18.2 Å². The maximum absolute atomic E-state index is 12.9. The minimum Gasteiger partial charge on any atom is -0.333 e. The van der Waals surface area contributed by atoms with Crippen molar-refractivity contribution in [3.8, 4) is 17.2 Å². The molecular formula is C26H19N3O2. The SMILES string of the molecule is N#Cc1ccccc1-c1cccc(NC(=O)C2=CN(c3ccccc3)C(C=O)C=C2)c1. The Labute approximate surface area is 180 Å². The summed E-state index contributed by atoms with van der Waals surface area (Å²) >= 11 is 0. The number of amides is 1. The maximum Gasteiger partial charge on any atom is 0.257 e. The second-order valence-corrected chi connectivity index (χ2v) is 7.01. The highest BCUT2D eigenvalue weighted by atomic mass is 16.1. The topological polar surface area (TPSA) is 73.2 Å². The van der Waals surface area contributed by atoms with Gasteiger partial charge in [-0.2, -0.15) is 5.26 Å². The van der Waals surface area contributed by atoms with Gasteiger partial charge in [0, 0.05) is 17.6 Å². The van der Waals surface area contributed by atoms with Crippen molar-refractivity contribution >= 4 is 23.6 Å². The summed E-state index contributed by atoms with van der Waals surface area (Å²) in [6.45, 7) is 0. The van der Waals surface area contributed by atoms with Crippen LogP contribution in [0.15, 0.2) is 103 Å². The predicted molar refractivity (Wildman–Crippen MR) is 121 cm³/mol. The number of hydrogen-bond acceptors (Lipinski definition) is 4. The molecule has 0 radical (unpaired) electrons. The quantitative estimate of drug-likeness (QED) is 0.625. The fourth-order valence-corrected chi connectivity index (χ4v) is 3.47. The van der Waals surface area contributed by atoms with E-state index in [0.717, 1.165) is 23.1 Å². The highest BCUT2D eigenvalue weighted by molar-refractivity contribution is 6.07. The van der Waals surface area contributed by atoms with Gasteiger partial charge in [0.1, 0.15) is 12.3 Å². The number of nitrogens with one attached hydrogen (secondary N) is 1. The number of hydrogen-bond donors (Lipinski definition) is 1. The van der Waals surface area contributed by atoms with Crippen molar-refractivity contribution in [1.82, 2.24) is 0 Å². The highest BCUT2D eigenvalue weighted by Crippen LogP contribution is 2.27. The number of anilines is 2. The minimum absolute atomic E-state index is 0.285. The molecule has 0 aliphatic carbocycles. The molecule has 3 aromatic carbocycles. The number of nitrogens with zero attached hydrogens (tertiary/aromatic N) is 2. The highest BCUT2D eigenvalue weighted by Gasteiger charge is 2.21. The van der Waals surface area contributed by atoms with E-state index in [2.05, 4.69) is 11.4 Å². The zero-order chi connectivity index (χ0) is 21.6. The lowest BCUT2D eigenvalue weighted by atomic mass is 10.00. The zero-order valence-electron chi connectivity index (χ0n) is 16.6. The molecule has 4 rings (SSSR count). The standard InChI is InChI=1S/C26H19N3O2/c27-16-20-7-4-5-12-25(20)19-8-6-9-22(15-19)28-26(31)21-13-14-24(18-30)29(17-21)23-10-2-1-3-11-23/h1-15,17-18,24H,(H,28,31). The van der Waals surface area contributed by atoms with Gasteiger partial charge in [-0.05, 0) is 47.5 Å². The zero-order valence-corrected chi connectivity index (χ0v) is 16.6. The van der Waals surface area contributed by atoms with Gasteiger partial charge in [-0.1, -0.05) is 54.6 Å². The molecule has 1 N–H and O–H groups in total. The monoisotopic (exact) mass is 405 g/mol. The van der Waals surface area contributed by atoms with Gasteiger partial charge in [0.15, 0.2) is 0 Å². The summed E-state index contributed by atoms with van der Waals surface area (Å²) in [5.74, 6) is -0.285. The summed E-state index contributed by atoms with van der Waals surface area (Å²) in [5.41, 5.74) is 4.10. The average Bonchev–Trinajstić information content (AvgIpc) is 2.84. The van der Waals surface area contributed by atoms with Gasteiger partial charge >= 0.3 is 0 Å². The molecule has 1 amide bonds. The van der Waals surface area contributed by atoms with Gasteiger partial charge in [0.05, 0.1) is 17.2 Å². The molecule has 0 fully saturated rings. The van der Waals surface area contributed by atoms with Crippen molar-refractivity contribution in [3.05, 3.63) is 108 Å². The van der Waals surface area contributed by atoms with Crippen LogP contribution in [0.25, 0.3) is 11.1 Å². The lowest BCUT2D eigenvalue weighted by Crippen LogP contribution is -2.34. The Morgan fingerprint density at radius 1 is 1.00 bits per heavy atom. The lowest BCUT2D eigenvalue weighted by Gasteiger charge is -2.28. The molecule has 0 saturated heterocycles. The smallest absolute Gasteiger partial charge is 0.257 e. The van der Waals surface area contributed by atoms with Crippen LogP contribution in [0.1, 0.15) is 5.56 Å². The van der Waals surface area contributed by atoms with Crippen molar-refractivity contribution in [2.24, 2.45) is 0 Å². The second kappa shape index (κ2) is 8.93. The van der Waals surface area contributed by atoms with Gasteiger partial charge in [0.25, 0.3) is 5.91 Å². The Bertz CT molecular complexity index is 1220. The molecular weight excluding hydrogens is 386 g/mol. The van der Waals surface area contributed by atoms with E-state index >= 15 is 0 Å². The molecule has 0 saturated carbocycles. The summed E-state index contributed by atoms with van der Waals surface area (Å²) in [5, 5.41) is 12.3. The van der Waals surface area contributed by atoms with Crippen LogP contribution >= 0.6 is 0 Å². The fourth-order valence-electron chi connectivity index (χ4n) is 3.47. The molecule has 0 bridgehead atoms. The number of nitriles is 1. The predicted octanol–water partition coefficient (Wildman–Crippen LogP) is 4.69. The van der Waals surface area contributed by atoms with Gasteiger partial charge in [-0.15, -0.1) is 0 Å². The Morgan fingerprint density at radius 2 is 1.77 bits per heavy atom. The van der Waals surface area contributed by atoms with Crippen LogP contribution in [-0.2, 0) is 9.59 Å². The average molecular weight is 405 g/mol. The lowest BCUT2D eigenvalue weighted by molar-refractivity contribution is -0.112. The molecule has 1 atom stereocenters. The maximum atomic E-state index is 12.9. The Hall–Kier alpha value is -4.43. The molecule has 3 aromatic rings. The Balaban J connectivity index is 1.59. The summed E-state index contributed by atoms with van der Waals surface area (Å²) in [7, 11) is 0. The van der Waals surface area contributed by atoms with Crippen LogP contribution in [0.5, 0.6) is 0 Å². The first-order valence-electron chi connectivity index (χ1n) is 9.79. The number of rotatable bonds is 5. The molecule has 1 heterocycles. The molecule has 31 heavy (non-hydrogen) atoms. The van der Waals surface area contributed by atoms with Crippen molar-refractivity contribution in [2.45, 2.75) is 6.04 Å². The molecule has 1 aliphatic rings. The molecule has 1 unspecified atom stereocenters. The number of carbonyl (C=O) groups excluding carboxylic acids is 2. The molecule has 1 aliphatic heterocycles. The first-order valence-corrected chi connectivity index (χ1v) is 9.79. The third-order valence-corrected chi connectivity index (χ3v) is 5.01. The minimum atomic E-state index is -0.468. The van der Waals surface area contributed by atoms with Gasteiger partial charge in [0.2, 0.25) is 0 Å². The normalized spacial score (nSPS) is 15.0. The number of benzene rings is 3. The van der Waals surface area contributed by atoms with Crippen molar-refractivity contribution in [2.75, 3.05) is 10.2 Å². The second-order valence-electron chi connectivity index (χ2n) is 7.01. The van der Waals surface area contributed by atoms with Gasteiger partial charge in [-0.3, -0.25) is 4.79 Å². The largest absolute Gasteiger partial charge is 0.333 e. The summed E-state index contributed by atoms with van der Waals surface area (Å²) in [4.78, 5) is 26.2. The molecule has 5 heteroatoms. The molecule has 5 nitrogen and oxygen atoms in total. The number of para-hydroxylation sites is 1. The van der Waals surface area contributed by atoms with E-state index < -0.39 is 6.04 Å². The summed E-state index contributed by atoms with van der Waals surface area (Å²) < 4.78 is 0. The van der Waals surface area contributed by atoms with E-state index in [9.17, 15) is 14.9 Å². The Morgan fingerprint density at radius 3 is 2.55 bits per heavy atom. The third kappa shape index (κ3) is 4.29. The fraction of sp³-hybridized carbons (Fsp3) is 0.0385. The van der Waals surface area contributed by atoms with Crippen molar-refractivity contribution < 1.29 is 9.59 Å². The molecule has 150 valence electrons.